The van der Waals surface area contributed by atoms with Crippen molar-refractivity contribution in [1.29, 1.82) is 0 Å². The summed E-state index contributed by atoms with van der Waals surface area (Å²) in [6.07, 6.45) is 8.36. The average molecular weight is 486 g/mol. The lowest BCUT2D eigenvalue weighted by atomic mass is 9.74. The minimum atomic E-state index is 0.475. The van der Waals surface area contributed by atoms with Crippen molar-refractivity contribution in [1.82, 2.24) is 25.2 Å². The van der Waals surface area contributed by atoms with Crippen molar-refractivity contribution in [2.45, 2.75) is 64.0 Å². The van der Waals surface area contributed by atoms with Crippen molar-refractivity contribution in [3.63, 3.8) is 0 Å². The molecule has 36 heavy (non-hydrogen) atoms. The van der Waals surface area contributed by atoms with Crippen LogP contribution < -0.4 is 10.1 Å². The molecule has 6 heteroatoms. The molecule has 0 radical (unpaired) electrons. The van der Waals surface area contributed by atoms with Crippen LogP contribution in [-0.4, -0.2) is 52.6 Å². The minimum absolute atomic E-state index is 0.475. The van der Waals surface area contributed by atoms with Gasteiger partial charge in [-0.3, -0.25) is 9.88 Å². The van der Waals surface area contributed by atoms with Crippen molar-refractivity contribution < 1.29 is 4.74 Å². The highest BCUT2D eigenvalue weighted by Crippen LogP contribution is 2.42. The zero-order valence-corrected chi connectivity index (χ0v) is 21.9. The summed E-state index contributed by atoms with van der Waals surface area (Å²) in [6, 6.07) is 15.3. The molecule has 6 nitrogen and oxygen atoms in total. The molecule has 4 atom stereocenters. The zero-order valence-electron chi connectivity index (χ0n) is 21.9. The number of piperidine rings is 3. The fraction of sp³-hybridized carbons (Fsp3) is 0.500. The smallest absolute Gasteiger partial charge is 0.159 e. The maximum absolute atomic E-state index is 5.28. The number of benzene rings is 1. The third kappa shape index (κ3) is 5.45. The van der Waals surface area contributed by atoms with Crippen LogP contribution in [0.5, 0.6) is 5.75 Å². The van der Waals surface area contributed by atoms with Gasteiger partial charge in [-0.15, -0.1) is 0 Å². The lowest BCUT2D eigenvalue weighted by molar-refractivity contribution is 0.0292. The maximum Gasteiger partial charge on any atom is 0.159 e. The van der Waals surface area contributed by atoms with E-state index in [-0.39, 0.29) is 0 Å². The number of fused-ring (bicyclic) bond motifs is 3. The Morgan fingerprint density at radius 3 is 2.50 bits per heavy atom. The van der Waals surface area contributed by atoms with Gasteiger partial charge in [0.1, 0.15) is 5.75 Å². The Morgan fingerprint density at radius 1 is 1.06 bits per heavy atom. The number of hydrogen-bond acceptors (Lipinski definition) is 6. The quantitative estimate of drug-likeness (QED) is 0.414. The van der Waals surface area contributed by atoms with E-state index in [9.17, 15) is 0 Å². The molecule has 5 heterocycles. The van der Waals surface area contributed by atoms with E-state index in [1.165, 1.54) is 36.3 Å². The van der Waals surface area contributed by atoms with E-state index in [0.29, 0.717) is 23.8 Å². The first-order chi connectivity index (χ1) is 17.7. The van der Waals surface area contributed by atoms with E-state index >= 15 is 0 Å². The van der Waals surface area contributed by atoms with Crippen LogP contribution in [0.15, 0.2) is 54.9 Å². The Labute approximate surface area is 215 Å². The summed E-state index contributed by atoms with van der Waals surface area (Å²) in [5.41, 5.74) is 4.79. The van der Waals surface area contributed by atoms with Crippen molar-refractivity contribution in [2.75, 3.05) is 26.7 Å². The Bertz CT molecular complexity index is 1120. The van der Waals surface area contributed by atoms with Crippen LogP contribution in [0.3, 0.4) is 0 Å². The molecular weight excluding hydrogens is 446 g/mol. The van der Waals surface area contributed by atoms with E-state index in [0.717, 1.165) is 49.6 Å². The standard InChI is InChI=1S/C30H39N5O/c1-4-22(5-2)28-17-29(34-30(33-28)23-10-13-31-14-11-23)27-20-35-15-12-24(27)16-25(35)19-32-18-21-6-8-26(36-3)9-7-21/h6-11,13-14,17,22,24-25,27,32H,4-5,12,15-16,18-20H2,1-3H3/t24-,25+,27-/m0/s1. The second-order valence-corrected chi connectivity index (χ2v) is 10.3. The van der Waals surface area contributed by atoms with Crippen LogP contribution in [0.25, 0.3) is 11.4 Å². The van der Waals surface area contributed by atoms with Gasteiger partial charge >= 0.3 is 0 Å². The SMILES string of the molecule is CCC(CC)c1cc([C@H]2CN3CC[C@H]2C[C@@H]3CNCc2ccc(OC)cc2)nc(-c2ccncc2)n1. The maximum atomic E-state index is 5.28. The molecule has 2 aromatic heterocycles. The van der Waals surface area contributed by atoms with Gasteiger partial charge in [0.25, 0.3) is 0 Å². The average Bonchev–Trinajstić information content (AvgIpc) is 2.95. The predicted molar refractivity (Wildman–Crippen MR) is 144 cm³/mol. The van der Waals surface area contributed by atoms with Crippen molar-refractivity contribution in [3.05, 3.63) is 71.8 Å². The third-order valence-corrected chi connectivity index (χ3v) is 8.23. The Kier molecular flexibility index (Phi) is 7.93. The summed E-state index contributed by atoms with van der Waals surface area (Å²) < 4.78 is 5.28. The molecule has 0 amide bonds. The molecule has 3 saturated heterocycles. The van der Waals surface area contributed by atoms with Gasteiger partial charge in [-0.25, -0.2) is 9.97 Å². The molecule has 3 fully saturated rings. The van der Waals surface area contributed by atoms with Crippen LogP contribution in [0.1, 0.15) is 68.3 Å². The summed E-state index contributed by atoms with van der Waals surface area (Å²) in [6.45, 7) is 8.73. The van der Waals surface area contributed by atoms with E-state index in [1.807, 2.05) is 36.7 Å². The van der Waals surface area contributed by atoms with Crippen molar-refractivity contribution in [2.24, 2.45) is 5.92 Å². The van der Waals surface area contributed by atoms with Crippen molar-refractivity contribution in [3.8, 4) is 17.1 Å². The molecule has 1 N–H and O–H groups in total. The number of hydrogen-bond donors (Lipinski definition) is 1. The monoisotopic (exact) mass is 485 g/mol. The number of aromatic nitrogens is 3. The second kappa shape index (κ2) is 11.5. The molecule has 3 aliphatic rings. The molecule has 3 aromatic rings. The normalized spacial score (nSPS) is 23.2. The van der Waals surface area contributed by atoms with E-state index in [2.05, 4.69) is 47.2 Å². The van der Waals surface area contributed by atoms with Crippen LogP contribution in [0, 0.1) is 5.92 Å². The van der Waals surface area contributed by atoms with E-state index in [4.69, 9.17) is 14.7 Å². The third-order valence-electron chi connectivity index (χ3n) is 8.23. The van der Waals surface area contributed by atoms with Gasteiger partial charge in [0, 0.05) is 66.9 Å². The number of pyridine rings is 1. The molecule has 1 unspecified atom stereocenters. The highest BCUT2D eigenvalue weighted by atomic mass is 16.5. The molecule has 0 saturated carbocycles. The first kappa shape index (κ1) is 24.8. The molecular formula is C30H39N5O. The van der Waals surface area contributed by atoms with Gasteiger partial charge in [-0.1, -0.05) is 26.0 Å². The molecule has 3 aliphatic heterocycles. The fourth-order valence-corrected chi connectivity index (χ4v) is 6.03. The molecule has 190 valence electrons. The molecule has 6 rings (SSSR count). The lowest BCUT2D eigenvalue weighted by Crippen LogP contribution is -2.55. The Morgan fingerprint density at radius 2 is 1.83 bits per heavy atom. The number of ether oxygens (including phenoxy) is 1. The van der Waals surface area contributed by atoms with Gasteiger partial charge in [0.15, 0.2) is 5.82 Å². The van der Waals surface area contributed by atoms with Gasteiger partial charge in [0.2, 0.25) is 0 Å². The van der Waals surface area contributed by atoms with Crippen LogP contribution in [0.4, 0.5) is 0 Å². The highest BCUT2D eigenvalue weighted by Gasteiger charge is 2.41. The Balaban J connectivity index is 1.29. The second-order valence-electron chi connectivity index (χ2n) is 10.3. The summed E-state index contributed by atoms with van der Waals surface area (Å²) in [5, 5.41) is 3.70. The lowest BCUT2D eigenvalue weighted by Gasteiger charge is -2.50. The fourth-order valence-electron chi connectivity index (χ4n) is 6.03. The first-order valence-electron chi connectivity index (χ1n) is 13.5. The summed E-state index contributed by atoms with van der Waals surface area (Å²) in [7, 11) is 1.71. The van der Waals surface area contributed by atoms with Gasteiger partial charge in [-0.05, 0) is 74.0 Å². The minimum Gasteiger partial charge on any atom is -0.497 e. The topological polar surface area (TPSA) is 63.2 Å². The zero-order chi connectivity index (χ0) is 24.9. The summed E-state index contributed by atoms with van der Waals surface area (Å²) in [4.78, 5) is 17.1. The Hall–Kier alpha value is -2.83. The van der Waals surface area contributed by atoms with Gasteiger partial charge < -0.3 is 10.1 Å². The van der Waals surface area contributed by atoms with E-state index in [1.54, 1.807) is 7.11 Å². The summed E-state index contributed by atoms with van der Waals surface area (Å²) >= 11 is 0. The predicted octanol–water partition coefficient (Wildman–Crippen LogP) is 5.42. The van der Waals surface area contributed by atoms with Crippen LogP contribution >= 0.6 is 0 Å². The van der Waals surface area contributed by atoms with Crippen LogP contribution in [0.2, 0.25) is 0 Å². The number of nitrogens with zero attached hydrogens (tertiary/aromatic N) is 4. The largest absolute Gasteiger partial charge is 0.497 e. The van der Waals surface area contributed by atoms with Crippen molar-refractivity contribution >= 4 is 0 Å². The molecule has 0 spiro atoms. The van der Waals surface area contributed by atoms with Crippen LogP contribution in [-0.2, 0) is 6.54 Å². The summed E-state index contributed by atoms with van der Waals surface area (Å²) in [5.74, 6) is 3.39. The number of methoxy groups -OCH3 is 1. The number of rotatable bonds is 10. The van der Waals surface area contributed by atoms with Gasteiger partial charge in [-0.2, -0.15) is 0 Å². The number of nitrogens with one attached hydrogen (secondary N) is 1. The molecule has 1 aromatic carbocycles. The molecule has 2 bridgehead atoms. The van der Waals surface area contributed by atoms with Gasteiger partial charge in [0.05, 0.1) is 7.11 Å². The molecule has 0 aliphatic carbocycles. The highest BCUT2D eigenvalue weighted by molar-refractivity contribution is 5.54. The van der Waals surface area contributed by atoms with E-state index < -0.39 is 0 Å². The first-order valence-corrected chi connectivity index (χ1v) is 13.5.